The van der Waals surface area contributed by atoms with Gasteiger partial charge in [-0.25, -0.2) is 0 Å². The minimum Gasteiger partial charge on any atom is -0.480 e. The van der Waals surface area contributed by atoms with E-state index in [1.807, 2.05) is 13.8 Å². The van der Waals surface area contributed by atoms with E-state index in [4.69, 9.17) is 5.11 Å². The first-order chi connectivity index (χ1) is 7.02. The zero-order chi connectivity index (χ0) is 11.4. The van der Waals surface area contributed by atoms with Gasteiger partial charge in [0.2, 0.25) is 0 Å². The topological polar surface area (TPSA) is 66.4 Å². The molecule has 15 heavy (non-hydrogen) atoms. The zero-order valence-corrected chi connectivity index (χ0v) is 9.32. The Morgan fingerprint density at radius 1 is 1.40 bits per heavy atom. The average molecular weight is 213 g/mol. The molecule has 1 aliphatic rings. The number of carbonyl (C=O) groups excluding carboxylic acids is 1. The van der Waals surface area contributed by atoms with Crippen molar-refractivity contribution in [1.82, 2.24) is 5.32 Å². The van der Waals surface area contributed by atoms with Crippen LogP contribution in [0.4, 0.5) is 0 Å². The number of hydrogen-bond donors (Lipinski definition) is 2. The first kappa shape index (κ1) is 12.2. The summed E-state index contributed by atoms with van der Waals surface area (Å²) in [5.74, 6) is -0.233. The van der Waals surface area contributed by atoms with Gasteiger partial charge in [0.1, 0.15) is 11.8 Å². The number of piperidine rings is 1. The number of carboxylic acid groups (broad SMARTS) is 1. The molecule has 0 unspecified atom stereocenters. The summed E-state index contributed by atoms with van der Waals surface area (Å²) in [4.78, 5) is 22.1. The molecule has 4 nitrogen and oxygen atoms in total. The standard InChI is InChI=1S/C11H19NO3/c1-3-9(13)6-8-4-7(2)5-10(12-8)11(14)15/h7-8,10,12H,3-6H2,1-2H3,(H,14,15)/t7-,8-,10+/m0/s1. The molecule has 0 amide bonds. The Morgan fingerprint density at radius 2 is 2.07 bits per heavy atom. The van der Waals surface area contributed by atoms with Crippen LogP contribution in [0.2, 0.25) is 0 Å². The summed E-state index contributed by atoms with van der Waals surface area (Å²) in [6, 6.07) is -0.439. The number of ketones is 1. The van der Waals surface area contributed by atoms with Crippen molar-refractivity contribution in [1.29, 1.82) is 0 Å². The van der Waals surface area contributed by atoms with Gasteiger partial charge in [0.05, 0.1) is 0 Å². The van der Waals surface area contributed by atoms with Gasteiger partial charge < -0.3 is 10.4 Å². The van der Waals surface area contributed by atoms with Gasteiger partial charge >= 0.3 is 5.97 Å². The van der Waals surface area contributed by atoms with E-state index in [1.165, 1.54) is 0 Å². The average Bonchev–Trinajstić information content (AvgIpc) is 2.16. The maximum Gasteiger partial charge on any atom is 0.320 e. The number of carboxylic acids is 1. The Morgan fingerprint density at radius 3 is 2.60 bits per heavy atom. The van der Waals surface area contributed by atoms with Gasteiger partial charge in [-0.05, 0) is 18.8 Å². The molecule has 0 radical (unpaired) electrons. The summed E-state index contributed by atoms with van der Waals surface area (Å²) in [5, 5.41) is 11.9. The van der Waals surface area contributed by atoms with Gasteiger partial charge in [-0.3, -0.25) is 9.59 Å². The minimum atomic E-state index is -0.810. The van der Waals surface area contributed by atoms with Crippen LogP contribution in [0.15, 0.2) is 0 Å². The van der Waals surface area contributed by atoms with Gasteiger partial charge in [0.15, 0.2) is 0 Å². The molecular weight excluding hydrogens is 194 g/mol. The summed E-state index contributed by atoms with van der Waals surface area (Å²) in [6.45, 7) is 3.88. The smallest absolute Gasteiger partial charge is 0.320 e. The number of aliphatic carboxylic acids is 1. The van der Waals surface area contributed by atoms with Crippen molar-refractivity contribution < 1.29 is 14.7 Å². The molecule has 1 heterocycles. The van der Waals surface area contributed by atoms with Crippen LogP contribution in [0.5, 0.6) is 0 Å². The molecule has 2 N–H and O–H groups in total. The minimum absolute atomic E-state index is 0.0438. The molecule has 1 fully saturated rings. The first-order valence-corrected chi connectivity index (χ1v) is 5.53. The summed E-state index contributed by atoms with van der Waals surface area (Å²) >= 11 is 0. The number of hydrogen-bond acceptors (Lipinski definition) is 3. The lowest BCUT2D eigenvalue weighted by Gasteiger charge is -2.32. The molecule has 3 atom stereocenters. The highest BCUT2D eigenvalue weighted by atomic mass is 16.4. The molecule has 0 aliphatic carbocycles. The Balaban J connectivity index is 2.51. The van der Waals surface area contributed by atoms with Crippen LogP contribution in [0.1, 0.15) is 39.5 Å². The second kappa shape index (κ2) is 5.26. The molecule has 0 aromatic carbocycles. The Bertz CT molecular complexity index is 252. The molecule has 1 rings (SSSR count). The lowest BCUT2D eigenvalue weighted by Crippen LogP contribution is -2.49. The van der Waals surface area contributed by atoms with Crippen molar-refractivity contribution in [3.05, 3.63) is 0 Å². The third-order valence-corrected chi connectivity index (χ3v) is 2.93. The summed E-state index contributed by atoms with van der Waals surface area (Å²) < 4.78 is 0. The fourth-order valence-corrected chi connectivity index (χ4v) is 2.14. The van der Waals surface area contributed by atoms with E-state index >= 15 is 0 Å². The fraction of sp³-hybridized carbons (Fsp3) is 0.818. The van der Waals surface area contributed by atoms with Crippen molar-refractivity contribution in [2.24, 2.45) is 5.92 Å². The molecule has 4 heteroatoms. The summed E-state index contributed by atoms with van der Waals surface area (Å²) in [7, 11) is 0. The number of nitrogens with one attached hydrogen (secondary N) is 1. The third kappa shape index (κ3) is 3.63. The zero-order valence-electron chi connectivity index (χ0n) is 9.32. The normalized spacial score (nSPS) is 31.2. The Kier molecular flexibility index (Phi) is 4.27. The third-order valence-electron chi connectivity index (χ3n) is 2.93. The van der Waals surface area contributed by atoms with Crippen LogP contribution in [-0.2, 0) is 9.59 Å². The van der Waals surface area contributed by atoms with Gasteiger partial charge in [0, 0.05) is 18.9 Å². The predicted molar refractivity (Wildman–Crippen MR) is 56.7 cm³/mol. The van der Waals surface area contributed by atoms with Crippen LogP contribution in [0.25, 0.3) is 0 Å². The lowest BCUT2D eigenvalue weighted by molar-refractivity contribution is -0.141. The highest BCUT2D eigenvalue weighted by molar-refractivity contribution is 5.79. The van der Waals surface area contributed by atoms with E-state index in [0.717, 1.165) is 6.42 Å². The van der Waals surface area contributed by atoms with E-state index in [2.05, 4.69) is 5.32 Å². The number of Topliss-reactive ketones (excluding diaryl/α,β-unsaturated/α-hetero) is 1. The molecule has 86 valence electrons. The van der Waals surface area contributed by atoms with Crippen LogP contribution in [0.3, 0.4) is 0 Å². The monoisotopic (exact) mass is 213 g/mol. The van der Waals surface area contributed by atoms with Crippen LogP contribution < -0.4 is 5.32 Å². The van der Waals surface area contributed by atoms with E-state index in [0.29, 0.717) is 25.2 Å². The van der Waals surface area contributed by atoms with Crippen molar-refractivity contribution in [2.75, 3.05) is 0 Å². The molecule has 1 saturated heterocycles. The van der Waals surface area contributed by atoms with E-state index in [-0.39, 0.29) is 11.8 Å². The quantitative estimate of drug-likeness (QED) is 0.736. The first-order valence-electron chi connectivity index (χ1n) is 5.53. The van der Waals surface area contributed by atoms with Crippen molar-refractivity contribution in [2.45, 2.75) is 51.6 Å². The van der Waals surface area contributed by atoms with E-state index in [1.54, 1.807) is 0 Å². The second-order valence-corrected chi connectivity index (χ2v) is 4.43. The second-order valence-electron chi connectivity index (χ2n) is 4.43. The van der Waals surface area contributed by atoms with Crippen molar-refractivity contribution in [3.63, 3.8) is 0 Å². The molecule has 0 aromatic rings. The number of rotatable bonds is 4. The highest BCUT2D eigenvalue weighted by Crippen LogP contribution is 2.21. The SMILES string of the molecule is CCC(=O)C[C@@H]1C[C@H](C)C[C@H](C(=O)O)N1. The van der Waals surface area contributed by atoms with Crippen LogP contribution in [-0.4, -0.2) is 28.9 Å². The molecule has 1 aliphatic heterocycles. The molecule has 0 bridgehead atoms. The highest BCUT2D eigenvalue weighted by Gasteiger charge is 2.30. The molecule has 0 aromatic heterocycles. The van der Waals surface area contributed by atoms with Gasteiger partial charge in [0.25, 0.3) is 0 Å². The lowest BCUT2D eigenvalue weighted by atomic mass is 9.87. The predicted octanol–water partition coefficient (Wildman–Crippen LogP) is 1.20. The largest absolute Gasteiger partial charge is 0.480 e. The molecule has 0 saturated carbocycles. The van der Waals surface area contributed by atoms with Gasteiger partial charge in [-0.2, -0.15) is 0 Å². The van der Waals surface area contributed by atoms with E-state index in [9.17, 15) is 9.59 Å². The molecular formula is C11H19NO3. The molecule has 0 spiro atoms. The maximum absolute atomic E-state index is 11.3. The summed E-state index contributed by atoms with van der Waals surface area (Å²) in [5.41, 5.74) is 0. The van der Waals surface area contributed by atoms with Gasteiger partial charge in [-0.1, -0.05) is 13.8 Å². The summed E-state index contributed by atoms with van der Waals surface area (Å²) in [6.07, 6.45) is 2.55. The van der Waals surface area contributed by atoms with Crippen LogP contribution in [0, 0.1) is 5.92 Å². The van der Waals surface area contributed by atoms with Crippen LogP contribution >= 0.6 is 0 Å². The van der Waals surface area contributed by atoms with Crippen molar-refractivity contribution >= 4 is 11.8 Å². The van der Waals surface area contributed by atoms with Crippen molar-refractivity contribution in [3.8, 4) is 0 Å². The maximum atomic E-state index is 11.3. The van der Waals surface area contributed by atoms with Gasteiger partial charge in [-0.15, -0.1) is 0 Å². The number of carbonyl (C=O) groups is 2. The Hall–Kier alpha value is -0.900. The Labute approximate surface area is 90.0 Å². The fourth-order valence-electron chi connectivity index (χ4n) is 2.14. The van der Waals surface area contributed by atoms with E-state index < -0.39 is 12.0 Å².